The molecule has 2 aromatic rings. The quantitative estimate of drug-likeness (QED) is 0.735. The number of hydrogen-bond donors (Lipinski definition) is 1. The van der Waals surface area contributed by atoms with Crippen LogP contribution in [0.2, 0.25) is 0 Å². The summed E-state index contributed by atoms with van der Waals surface area (Å²) < 4.78 is 43.2. The molecule has 148 valence electrons. The fourth-order valence-electron chi connectivity index (χ4n) is 2.73. The van der Waals surface area contributed by atoms with Crippen molar-refractivity contribution >= 4 is 27.6 Å². The lowest BCUT2D eigenvalue weighted by atomic mass is 10.1. The highest BCUT2D eigenvalue weighted by atomic mass is 32.2. The molecule has 0 aliphatic carbocycles. The van der Waals surface area contributed by atoms with E-state index in [9.17, 15) is 18.0 Å². The van der Waals surface area contributed by atoms with Gasteiger partial charge in [0.15, 0.2) is 0 Å². The third kappa shape index (κ3) is 4.09. The van der Waals surface area contributed by atoms with Gasteiger partial charge in [0.05, 0.1) is 29.9 Å². The number of sulfonamides is 1. The van der Waals surface area contributed by atoms with Crippen molar-refractivity contribution in [2.45, 2.75) is 24.3 Å². The van der Waals surface area contributed by atoms with Crippen molar-refractivity contribution in [2.75, 3.05) is 18.4 Å². The number of rotatable bonds is 6. The zero-order valence-corrected chi connectivity index (χ0v) is 16.1. The summed E-state index contributed by atoms with van der Waals surface area (Å²) in [6.07, 6.45) is -0.697. The smallest absolute Gasteiger partial charge is 0.347 e. The van der Waals surface area contributed by atoms with Crippen molar-refractivity contribution < 1.29 is 32.2 Å². The van der Waals surface area contributed by atoms with Crippen molar-refractivity contribution in [1.29, 1.82) is 0 Å². The summed E-state index contributed by atoms with van der Waals surface area (Å²) in [6.45, 7) is 1.80. The summed E-state index contributed by atoms with van der Waals surface area (Å²) in [6, 6.07) is 10.7. The van der Waals surface area contributed by atoms with E-state index in [-0.39, 0.29) is 29.2 Å². The molecule has 9 heteroatoms. The molecule has 3 rings (SSSR count). The minimum atomic E-state index is -4.00. The monoisotopic (exact) mass is 405 g/mol. The predicted molar refractivity (Wildman–Crippen MR) is 99.8 cm³/mol. The molecule has 0 aromatic heterocycles. The van der Waals surface area contributed by atoms with Crippen molar-refractivity contribution in [2.24, 2.45) is 0 Å². The number of nitrogens with one attached hydrogen (secondary N) is 1. The topological polar surface area (TPSA) is 108 Å². The molecule has 28 heavy (non-hydrogen) atoms. The van der Waals surface area contributed by atoms with E-state index < -0.39 is 28.1 Å². The van der Waals surface area contributed by atoms with Crippen LogP contribution in [0, 0.1) is 6.92 Å². The number of hydrogen-bond acceptors (Lipinski definition) is 7. The second-order valence-corrected chi connectivity index (χ2v) is 7.79. The van der Waals surface area contributed by atoms with Gasteiger partial charge in [-0.25, -0.2) is 18.0 Å². The van der Waals surface area contributed by atoms with Crippen LogP contribution in [-0.4, -0.2) is 40.2 Å². The Morgan fingerprint density at radius 3 is 2.64 bits per heavy atom. The first kappa shape index (κ1) is 19.7. The molecule has 0 bridgehead atoms. The average Bonchev–Trinajstić information content (AvgIpc) is 3.06. The van der Waals surface area contributed by atoms with Crippen LogP contribution in [0.1, 0.15) is 22.3 Å². The van der Waals surface area contributed by atoms with E-state index in [1.807, 2.05) is 0 Å². The van der Waals surface area contributed by atoms with Crippen molar-refractivity contribution in [3.05, 3.63) is 53.6 Å². The van der Waals surface area contributed by atoms with Gasteiger partial charge in [0, 0.05) is 6.42 Å². The Hall–Kier alpha value is -3.07. The molecule has 1 aliphatic rings. The molecule has 0 saturated carbocycles. The molecular formula is C19H19NO7S. The van der Waals surface area contributed by atoms with E-state index in [0.29, 0.717) is 11.3 Å². The Bertz CT molecular complexity index is 1020. The van der Waals surface area contributed by atoms with Crippen LogP contribution >= 0.6 is 0 Å². The van der Waals surface area contributed by atoms with Crippen molar-refractivity contribution in [3.63, 3.8) is 0 Å². The fourth-order valence-corrected chi connectivity index (χ4v) is 4.07. The lowest BCUT2D eigenvalue weighted by molar-refractivity contribution is -0.145. The van der Waals surface area contributed by atoms with Gasteiger partial charge < -0.3 is 14.2 Å². The lowest BCUT2D eigenvalue weighted by Gasteiger charge is -2.14. The van der Waals surface area contributed by atoms with Crippen molar-refractivity contribution in [3.8, 4) is 5.75 Å². The van der Waals surface area contributed by atoms with Gasteiger partial charge in [-0.1, -0.05) is 18.2 Å². The molecule has 1 N–H and O–H groups in total. The van der Waals surface area contributed by atoms with Crippen LogP contribution in [-0.2, 0) is 24.3 Å². The highest BCUT2D eigenvalue weighted by Crippen LogP contribution is 2.27. The third-order valence-corrected chi connectivity index (χ3v) is 5.71. The van der Waals surface area contributed by atoms with Gasteiger partial charge in [0.25, 0.3) is 10.0 Å². The normalized spacial score (nSPS) is 16.4. The van der Waals surface area contributed by atoms with Crippen molar-refractivity contribution in [1.82, 2.24) is 0 Å². The first-order valence-electron chi connectivity index (χ1n) is 8.46. The van der Waals surface area contributed by atoms with Gasteiger partial charge in [-0.2, -0.15) is 0 Å². The minimum absolute atomic E-state index is 0.0192. The number of methoxy groups -OCH3 is 1. The second-order valence-electron chi connectivity index (χ2n) is 6.14. The summed E-state index contributed by atoms with van der Waals surface area (Å²) in [7, 11) is -2.57. The first-order chi connectivity index (χ1) is 13.3. The molecular weight excluding hydrogens is 386 g/mol. The largest absolute Gasteiger partial charge is 0.495 e. The molecule has 8 nitrogen and oxygen atoms in total. The summed E-state index contributed by atoms with van der Waals surface area (Å²) in [5, 5.41) is 0. The minimum Gasteiger partial charge on any atom is -0.495 e. The average molecular weight is 405 g/mol. The van der Waals surface area contributed by atoms with Gasteiger partial charge in [-0.05, 0) is 36.8 Å². The van der Waals surface area contributed by atoms with Gasteiger partial charge in [-0.15, -0.1) is 0 Å². The number of esters is 2. The van der Waals surface area contributed by atoms with E-state index in [0.717, 1.165) is 0 Å². The summed E-state index contributed by atoms with van der Waals surface area (Å²) >= 11 is 0. The van der Waals surface area contributed by atoms with Crippen LogP contribution in [0.3, 0.4) is 0 Å². The second kappa shape index (κ2) is 7.89. The first-order valence-corrected chi connectivity index (χ1v) is 9.94. The van der Waals surface area contributed by atoms with Crippen LogP contribution in [0.15, 0.2) is 47.4 Å². The third-order valence-electron chi connectivity index (χ3n) is 4.20. The number of anilines is 1. The number of carbonyl (C=O) groups excluding carboxylic acids is 2. The molecule has 1 fully saturated rings. The van der Waals surface area contributed by atoms with Gasteiger partial charge in [0.2, 0.25) is 6.10 Å². The number of carbonyl (C=O) groups is 2. The van der Waals surface area contributed by atoms with E-state index in [1.165, 1.54) is 25.3 Å². The Balaban J connectivity index is 1.87. The molecule has 1 heterocycles. The summed E-state index contributed by atoms with van der Waals surface area (Å²) in [5.41, 5.74) is 0.732. The molecule has 2 aromatic carbocycles. The van der Waals surface area contributed by atoms with E-state index in [2.05, 4.69) is 4.72 Å². The maximum atomic E-state index is 12.9. The SMILES string of the molecule is COc1ccccc1NS(=O)(=O)c1cc(C(=O)O[C@H]2CCOC2=O)ccc1C. The standard InChI is InChI=1S/C19H19NO7S/c1-12-7-8-13(18(21)27-16-9-10-26-19(16)22)11-17(12)28(23,24)20-14-5-3-4-6-15(14)25-2/h3-8,11,16,20H,9-10H2,1-2H3/t16-/m0/s1. The number of aryl methyl sites for hydroxylation is 1. The Morgan fingerprint density at radius 2 is 1.96 bits per heavy atom. The Labute approximate surface area is 162 Å². The molecule has 1 aliphatic heterocycles. The highest BCUT2D eigenvalue weighted by molar-refractivity contribution is 7.92. The summed E-state index contributed by atoms with van der Waals surface area (Å²) in [5.74, 6) is -1.04. The maximum Gasteiger partial charge on any atom is 0.347 e. The highest BCUT2D eigenvalue weighted by Gasteiger charge is 2.31. The van der Waals surface area contributed by atoms with Crippen LogP contribution in [0.5, 0.6) is 5.75 Å². The van der Waals surface area contributed by atoms with E-state index in [1.54, 1.807) is 31.2 Å². The fraction of sp³-hybridized carbons (Fsp3) is 0.263. The Morgan fingerprint density at radius 1 is 1.21 bits per heavy atom. The lowest BCUT2D eigenvalue weighted by Crippen LogP contribution is -2.23. The zero-order chi connectivity index (χ0) is 20.3. The number of benzene rings is 2. The predicted octanol–water partition coefficient (Wildman–Crippen LogP) is 2.28. The summed E-state index contributed by atoms with van der Waals surface area (Å²) in [4.78, 5) is 23.7. The molecule has 1 saturated heterocycles. The van der Waals surface area contributed by atoms with E-state index >= 15 is 0 Å². The molecule has 0 unspecified atom stereocenters. The van der Waals surface area contributed by atoms with Gasteiger partial charge >= 0.3 is 11.9 Å². The van der Waals surface area contributed by atoms with Gasteiger partial charge in [-0.3, -0.25) is 4.72 Å². The van der Waals surface area contributed by atoms with Gasteiger partial charge in [0.1, 0.15) is 5.75 Å². The molecule has 0 amide bonds. The zero-order valence-electron chi connectivity index (χ0n) is 15.3. The maximum absolute atomic E-state index is 12.9. The number of cyclic esters (lactones) is 1. The van der Waals surface area contributed by atoms with Crippen LogP contribution in [0.25, 0.3) is 0 Å². The Kier molecular flexibility index (Phi) is 5.55. The molecule has 1 atom stereocenters. The number of para-hydroxylation sites is 2. The molecule has 0 radical (unpaired) electrons. The van der Waals surface area contributed by atoms with E-state index in [4.69, 9.17) is 14.2 Å². The van der Waals surface area contributed by atoms with Crippen LogP contribution < -0.4 is 9.46 Å². The van der Waals surface area contributed by atoms with Crippen LogP contribution in [0.4, 0.5) is 5.69 Å². The number of ether oxygens (including phenoxy) is 3. The molecule has 0 spiro atoms.